The van der Waals surface area contributed by atoms with E-state index in [1.54, 1.807) is 20.8 Å². The van der Waals surface area contributed by atoms with Crippen LogP contribution in [-0.2, 0) is 14.3 Å². The maximum Gasteiger partial charge on any atom is 0.324 e. The summed E-state index contributed by atoms with van der Waals surface area (Å²) in [6.07, 6.45) is 0.445. The number of rotatable bonds is 4. The number of carbonyl (C=O) groups is 2. The van der Waals surface area contributed by atoms with Crippen LogP contribution >= 0.6 is 0 Å². The van der Waals surface area contributed by atoms with Crippen molar-refractivity contribution in [2.45, 2.75) is 52.7 Å². The Balaban J connectivity index is 2.85. The number of carboxylic acid groups (broad SMARTS) is 1. The second kappa shape index (κ2) is 4.53. The van der Waals surface area contributed by atoms with Gasteiger partial charge in [0, 0.05) is 0 Å². The molecule has 104 valence electrons. The molecule has 0 spiro atoms. The highest BCUT2D eigenvalue weighted by Crippen LogP contribution is 2.58. The quantitative estimate of drug-likeness (QED) is 0.743. The van der Waals surface area contributed by atoms with Crippen molar-refractivity contribution < 1.29 is 19.4 Å². The van der Waals surface area contributed by atoms with E-state index in [-0.39, 0.29) is 11.8 Å². The summed E-state index contributed by atoms with van der Waals surface area (Å²) in [6, 6.07) is -1.10. The summed E-state index contributed by atoms with van der Waals surface area (Å²) < 4.78 is 5.18. The van der Waals surface area contributed by atoms with Crippen LogP contribution in [0.15, 0.2) is 0 Å². The monoisotopic (exact) mass is 257 g/mol. The molecule has 5 heteroatoms. The summed E-state index contributed by atoms with van der Waals surface area (Å²) in [6.45, 7) is 9.09. The van der Waals surface area contributed by atoms with Crippen molar-refractivity contribution in [2.75, 3.05) is 0 Å². The van der Waals surface area contributed by atoms with Gasteiger partial charge in [-0.05, 0) is 39.0 Å². The van der Waals surface area contributed by atoms with Gasteiger partial charge in [0.15, 0.2) is 0 Å². The predicted molar refractivity (Wildman–Crippen MR) is 66.8 cm³/mol. The fourth-order valence-electron chi connectivity index (χ4n) is 2.45. The Kier molecular flexibility index (Phi) is 3.77. The van der Waals surface area contributed by atoms with Gasteiger partial charge >= 0.3 is 11.9 Å². The van der Waals surface area contributed by atoms with Crippen LogP contribution < -0.4 is 5.73 Å². The Hall–Kier alpha value is -1.10. The minimum absolute atomic E-state index is 0.0579. The standard InChI is InChI=1S/C13H23NO4/c1-7(2)8-6-13(8,11(16)17)9(14)10(15)18-12(3,4)5/h7-9H,6,14H2,1-5H3,(H,16,17). The molecule has 18 heavy (non-hydrogen) atoms. The molecule has 1 rings (SSSR count). The predicted octanol–water partition coefficient (Wildman–Crippen LogP) is 1.40. The van der Waals surface area contributed by atoms with E-state index in [1.165, 1.54) is 0 Å². The second-order valence-electron chi connectivity index (χ2n) is 6.41. The van der Waals surface area contributed by atoms with Crippen molar-refractivity contribution in [2.24, 2.45) is 23.0 Å². The molecule has 1 fully saturated rings. The fraction of sp³-hybridized carbons (Fsp3) is 0.846. The molecule has 3 N–H and O–H groups in total. The van der Waals surface area contributed by atoms with Crippen LogP contribution in [0.2, 0.25) is 0 Å². The third-order valence-corrected chi connectivity index (χ3v) is 3.48. The molecular weight excluding hydrogens is 234 g/mol. The summed E-state index contributed by atoms with van der Waals surface area (Å²) in [5.74, 6) is -1.50. The van der Waals surface area contributed by atoms with Crippen LogP contribution in [0.1, 0.15) is 41.0 Å². The van der Waals surface area contributed by atoms with Gasteiger partial charge in [-0.15, -0.1) is 0 Å². The van der Waals surface area contributed by atoms with Crippen molar-refractivity contribution in [1.82, 2.24) is 0 Å². The number of esters is 1. The van der Waals surface area contributed by atoms with E-state index in [2.05, 4.69) is 0 Å². The number of carboxylic acids is 1. The summed E-state index contributed by atoms with van der Waals surface area (Å²) in [5, 5.41) is 9.35. The zero-order valence-electron chi connectivity index (χ0n) is 11.7. The van der Waals surface area contributed by atoms with Gasteiger partial charge in [-0.2, -0.15) is 0 Å². The molecule has 3 atom stereocenters. The number of hydrogen-bond acceptors (Lipinski definition) is 4. The Morgan fingerprint density at radius 3 is 2.17 bits per heavy atom. The average Bonchev–Trinajstić information content (AvgIpc) is 2.89. The molecule has 0 bridgehead atoms. The third kappa shape index (κ3) is 2.66. The van der Waals surface area contributed by atoms with E-state index in [0.717, 1.165) is 0 Å². The first kappa shape index (κ1) is 15.0. The topological polar surface area (TPSA) is 89.6 Å². The van der Waals surface area contributed by atoms with E-state index >= 15 is 0 Å². The summed E-state index contributed by atoms with van der Waals surface area (Å²) in [5.41, 5.74) is 4.04. The lowest BCUT2D eigenvalue weighted by molar-refractivity contribution is -0.163. The van der Waals surface area contributed by atoms with Gasteiger partial charge in [0.25, 0.3) is 0 Å². The highest BCUT2D eigenvalue weighted by Gasteiger charge is 2.67. The smallest absolute Gasteiger partial charge is 0.324 e. The SMILES string of the molecule is CC(C)C1CC1(C(=O)O)C(N)C(=O)OC(C)(C)C. The Morgan fingerprint density at radius 2 is 1.89 bits per heavy atom. The second-order valence-corrected chi connectivity index (χ2v) is 6.41. The Labute approximate surface area is 108 Å². The molecule has 0 aliphatic heterocycles. The first-order valence-corrected chi connectivity index (χ1v) is 6.24. The van der Waals surface area contributed by atoms with Crippen LogP contribution in [0.5, 0.6) is 0 Å². The van der Waals surface area contributed by atoms with Gasteiger partial charge in [0.1, 0.15) is 11.6 Å². The number of aliphatic carboxylic acids is 1. The largest absolute Gasteiger partial charge is 0.481 e. The molecular formula is C13H23NO4. The number of carbonyl (C=O) groups excluding carboxylic acids is 1. The molecule has 0 aromatic heterocycles. The zero-order chi connectivity index (χ0) is 14.3. The lowest BCUT2D eigenvalue weighted by atomic mass is 9.90. The molecule has 1 aliphatic carbocycles. The molecule has 0 saturated heterocycles. The van der Waals surface area contributed by atoms with Crippen LogP contribution in [0.3, 0.4) is 0 Å². The van der Waals surface area contributed by atoms with Crippen LogP contribution in [0.25, 0.3) is 0 Å². The van der Waals surface area contributed by atoms with Crippen molar-refractivity contribution in [3.8, 4) is 0 Å². The van der Waals surface area contributed by atoms with Gasteiger partial charge in [-0.3, -0.25) is 9.59 Å². The zero-order valence-corrected chi connectivity index (χ0v) is 11.7. The summed E-state index contributed by atoms with van der Waals surface area (Å²) >= 11 is 0. The molecule has 0 heterocycles. The van der Waals surface area contributed by atoms with Gasteiger partial charge < -0.3 is 15.6 Å². The molecule has 0 radical (unpaired) electrons. The summed E-state index contributed by atoms with van der Waals surface area (Å²) in [4.78, 5) is 23.3. The highest BCUT2D eigenvalue weighted by molar-refractivity contribution is 5.89. The maximum absolute atomic E-state index is 11.9. The van der Waals surface area contributed by atoms with Gasteiger partial charge in [-0.25, -0.2) is 0 Å². The molecule has 5 nitrogen and oxygen atoms in total. The molecule has 0 amide bonds. The number of nitrogens with two attached hydrogens (primary N) is 1. The average molecular weight is 257 g/mol. The van der Waals surface area contributed by atoms with Crippen molar-refractivity contribution in [3.05, 3.63) is 0 Å². The third-order valence-electron chi connectivity index (χ3n) is 3.48. The van der Waals surface area contributed by atoms with E-state index in [4.69, 9.17) is 10.5 Å². The number of ether oxygens (including phenoxy) is 1. The van der Waals surface area contributed by atoms with E-state index in [9.17, 15) is 14.7 Å². The minimum Gasteiger partial charge on any atom is -0.481 e. The number of hydrogen-bond donors (Lipinski definition) is 2. The lowest BCUT2D eigenvalue weighted by Gasteiger charge is -2.26. The first-order chi connectivity index (χ1) is 8.02. The molecule has 0 aromatic rings. The first-order valence-electron chi connectivity index (χ1n) is 6.24. The van der Waals surface area contributed by atoms with Crippen molar-refractivity contribution >= 4 is 11.9 Å². The van der Waals surface area contributed by atoms with E-state index in [0.29, 0.717) is 6.42 Å². The Bertz CT molecular complexity index is 358. The fourth-order valence-corrected chi connectivity index (χ4v) is 2.45. The molecule has 1 aliphatic rings. The summed E-state index contributed by atoms with van der Waals surface area (Å²) in [7, 11) is 0. The van der Waals surface area contributed by atoms with Crippen LogP contribution in [0, 0.1) is 17.3 Å². The van der Waals surface area contributed by atoms with Gasteiger partial charge in [0.05, 0.1) is 5.41 Å². The van der Waals surface area contributed by atoms with Crippen LogP contribution in [0.4, 0.5) is 0 Å². The van der Waals surface area contributed by atoms with Crippen molar-refractivity contribution in [1.29, 1.82) is 0 Å². The molecule has 0 aromatic carbocycles. The van der Waals surface area contributed by atoms with E-state index < -0.39 is 29.0 Å². The van der Waals surface area contributed by atoms with Gasteiger partial charge in [0.2, 0.25) is 0 Å². The minimum atomic E-state index is -1.14. The molecule has 3 unspecified atom stereocenters. The highest BCUT2D eigenvalue weighted by atomic mass is 16.6. The van der Waals surface area contributed by atoms with E-state index in [1.807, 2.05) is 13.8 Å². The van der Waals surface area contributed by atoms with Gasteiger partial charge in [-0.1, -0.05) is 13.8 Å². The maximum atomic E-state index is 11.9. The van der Waals surface area contributed by atoms with Crippen LogP contribution in [-0.4, -0.2) is 28.7 Å². The molecule has 1 saturated carbocycles. The Morgan fingerprint density at radius 1 is 1.39 bits per heavy atom. The van der Waals surface area contributed by atoms with Crippen molar-refractivity contribution in [3.63, 3.8) is 0 Å². The normalized spacial score (nSPS) is 28.9. The lowest BCUT2D eigenvalue weighted by Crippen LogP contribution is -2.48.